The van der Waals surface area contributed by atoms with Gasteiger partial charge in [-0.3, -0.25) is 4.79 Å². The summed E-state index contributed by atoms with van der Waals surface area (Å²) in [7, 11) is 1.81. The summed E-state index contributed by atoms with van der Waals surface area (Å²) in [5, 5.41) is 0. The summed E-state index contributed by atoms with van der Waals surface area (Å²) in [4.78, 5) is 13.9. The Morgan fingerprint density at radius 1 is 1.29 bits per heavy atom. The Kier molecular flexibility index (Phi) is 4.70. The standard InChI is InChI=1S/C14H22N2O/c1-5-12(9-15)14(17)16(4)13-7-10(2)6-11(3)8-13/h6-8,12H,5,9,15H2,1-4H3. The van der Waals surface area contributed by atoms with Crippen LogP contribution in [0.5, 0.6) is 0 Å². The monoisotopic (exact) mass is 234 g/mol. The number of carbonyl (C=O) groups excluding carboxylic acids is 1. The Morgan fingerprint density at radius 2 is 1.82 bits per heavy atom. The van der Waals surface area contributed by atoms with E-state index in [0.29, 0.717) is 6.54 Å². The van der Waals surface area contributed by atoms with Gasteiger partial charge in [-0.15, -0.1) is 0 Å². The van der Waals surface area contributed by atoms with E-state index in [-0.39, 0.29) is 11.8 Å². The molecule has 1 amide bonds. The number of aryl methyl sites for hydroxylation is 2. The Morgan fingerprint density at radius 3 is 2.24 bits per heavy atom. The molecule has 2 N–H and O–H groups in total. The lowest BCUT2D eigenvalue weighted by atomic mass is 10.0. The van der Waals surface area contributed by atoms with Crippen molar-refractivity contribution in [2.45, 2.75) is 27.2 Å². The van der Waals surface area contributed by atoms with Gasteiger partial charge in [-0.2, -0.15) is 0 Å². The zero-order valence-electron chi connectivity index (χ0n) is 11.2. The third-order valence-electron chi connectivity index (χ3n) is 3.05. The lowest BCUT2D eigenvalue weighted by Crippen LogP contribution is -2.36. The SMILES string of the molecule is CCC(CN)C(=O)N(C)c1cc(C)cc(C)c1. The Balaban J connectivity index is 2.95. The summed E-state index contributed by atoms with van der Waals surface area (Å²) in [6.07, 6.45) is 0.782. The first-order chi connectivity index (χ1) is 7.99. The van der Waals surface area contributed by atoms with Crippen LogP contribution >= 0.6 is 0 Å². The van der Waals surface area contributed by atoms with E-state index in [1.54, 1.807) is 4.90 Å². The van der Waals surface area contributed by atoms with Crippen LogP contribution in [0.25, 0.3) is 0 Å². The number of hydrogen-bond acceptors (Lipinski definition) is 2. The fourth-order valence-electron chi connectivity index (χ4n) is 1.99. The quantitative estimate of drug-likeness (QED) is 0.868. The molecule has 0 spiro atoms. The highest BCUT2D eigenvalue weighted by molar-refractivity contribution is 5.94. The third-order valence-corrected chi connectivity index (χ3v) is 3.05. The van der Waals surface area contributed by atoms with E-state index >= 15 is 0 Å². The molecule has 0 aliphatic carbocycles. The molecular formula is C14H22N2O. The molecule has 0 aliphatic rings. The zero-order valence-corrected chi connectivity index (χ0v) is 11.2. The molecule has 1 atom stereocenters. The summed E-state index contributed by atoms with van der Waals surface area (Å²) >= 11 is 0. The first-order valence-electron chi connectivity index (χ1n) is 6.05. The van der Waals surface area contributed by atoms with Crippen molar-refractivity contribution >= 4 is 11.6 Å². The van der Waals surface area contributed by atoms with Gasteiger partial charge < -0.3 is 10.6 Å². The molecule has 1 aromatic rings. The molecule has 0 saturated carbocycles. The van der Waals surface area contributed by atoms with Gasteiger partial charge in [0.05, 0.1) is 5.92 Å². The number of anilines is 1. The van der Waals surface area contributed by atoms with Gasteiger partial charge in [-0.1, -0.05) is 13.0 Å². The molecule has 3 nitrogen and oxygen atoms in total. The third kappa shape index (κ3) is 3.30. The minimum atomic E-state index is -0.0826. The van der Waals surface area contributed by atoms with Gasteiger partial charge in [-0.05, 0) is 43.5 Å². The van der Waals surface area contributed by atoms with Gasteiger partial charge in [0.25, 0.3) is 0 Å². The van der Waals surface area contributed by atoms with Crippen molar-refractivity contribution in [1.82, 2.24) is 0 Å². The van der Waals surface area contributed by atoms with Crippen LogP contribution in [0.2, 0.25) is 0 Å². The van der Waals surface area contributed by atoms with E-state index in [4.69, 9.17) is 5.73 Å². The van der Waals surface area contributed by atoms with Crippen LogP contribution < -0.4 is 10.6 Å². The van der Waals surface area contributed by atoms with E-state index in [1.165, 1.54) is 11.1 Å². The van der Waals surface area contributed by atoms with E-state index in [2.05, 4.69) is 6.07 Å². The normalized spacial score (nSPS) is 12.3. The smallest absolute Gasteiger partial charge is 0.231 e. The Hall–Kier alpha value is -1.35. The maximum Gasteiger partial charge on any atom is 0.231 e. The topological polar surface area (TPSA) is 46.3 Å². The van der Waals surface area contributed by atoms with Crippen LogP contribution in [0.15, 0.2) is 18.2 Å². The number of nitrogens with two attached hydrogens (primary N) is 1. The average Bonchev–Trinajstić information content (AvgIpc) is 2.28. The summed E-state index contributed by atoms with van der Waals surface area (Å²) in [6, 6.07) is 6.14. The van der Waals surface area contributed by atoms with Gasteiger partial charge in [0.15, 0.2) is 0 Å². The first kappa shape index (κ1) is 13.7. The Bertz CT molecular complexity index is 377. The van der Waals surface area contributed by atoms with Crippen molar-refractivity contribution in [3.8, 4) is 0 Å². The van der Waals surface area contributed by atoms with Crippen molar-refractivity contribution in [3.05, 3.63) is 29.3 Å². The van der Waals surface area contributed by atoms with Gasteiger partial charge in [0, 0.05) is 19.3 Å². The largest absolute Gasteiger partial charge is 0.330 e. The molecule has 94 valence electrons. The van der Waals surface area contributed by atoms with Crippen molar-refractivity contribution in [3.63, 3.8) is 0 Å². The predicted molar refractivity (Wildman–Crippen MR) is 72.2 cm³/mol. The van der Waals surface area contributed by atoms with Crippen LogP contribution in [0.1, 0.15) is 24.5 Å². The molecule has 0 aromatic heterocycles. The van der Waals surface area contributed by atoms with Crippen LogP contribution in [0.3, 0.4) is 0 Å². The minimum Gasteiger partial charge on any atom is -0.330 e. The van der Waals surface area contributed by atoms with Crippen molar-refractivity contribution < 1.29 is 4.79 Å². The number of nitrogens with zero attached hydrogens (tertiary/aromatic N) is 1. The van der Waals surface area contributed by atoms with Crippen LogP contribution in [0, 0.1) is 19.8 Å². The number of benzene rings is 1. The maximum absolute atomic E-state index is 12.2. The molecule has 17 heavy (non-hydrogen) atoms. The summed E-state index contributed by atoms with van der Waals surface area (Å²) in [5.74, 6) is 0.0146. The fraction of sp³-hybridized carbons (Fsp3) is 0.500. The summed E-state index contributed by atoms with van der Waals surface area (Å²) in [6.45, 7) is 6.47. The molecule has 1 rings (SSSR count). The fourth-order valence-corrected chi connectivity index (χ4v) is 1.99. The van der Waals surface area contributed by atoms with E-state index in [1.807, 2.05) is 40.0 Å². The molecular weight excluding hydrogens is 212 g/mol. The summed E-state index contributed by atoms with van der Waals surface area (Å²) < 4.78 is 0. The van der Waals surface area contributed by atoms with Crippen molar-refractivity contribution in [2.75, 3.05) is 18.5 Å². The van der Waals surface area contributed by atoms with Crippen LogP contribution in [0.4, 0.5) is 5.69 Å². The van der Waals surface area contributed by atoms with Gasteiger partial charge in [0.2, 0.25) is 5.91 Å². The lowest BCUT2D eigenvalue weighted by Gasteiger charge is -2.23. The highest BCUT2D eigenvalue weighted by Gasteiger charge is 2.20. The predicted octanol–water partition coefficient (Wildman–Crippen LogP) is 2.25. The van der Waals surface area contributed by atoms with Crippen LogP contribution in [-0.4, -0.2) is 19.5 Å². The highest BCUT2D eigenvalue weighted by atomic mass is 16.2. The molecule has 3 heteroatoms. The summed E-state index contributed by atoms with van der Waals surface area (Å²) in [5.41, 5.74) is 8.89. The molecule has 1 unspecified atom stereocenters. The van der Waals surface area contributed by atoms with E-state index in [0.717, 1.165) is 12.1 Å². The second kappa shape index (κ2) is 5.82. The highest BCUT2D eigenvalue weighted by Crippen LogP contribution is 2.19. The molecule has 0 heterocycles. The maximum atomic E-state index is 12.2. The average molecular weight is 234 g/mol. The Labute approximate surface area is 104 Å². The van der Waals surface area contributed by atoms with Crippen molar-refractivity contribution in [1.29, 1.82) is 0 Å². The first-order valence-corrected chi connectivity index (χ1v) is 6.05. The second-order valence-electron chi connectivity index (χ2n) is 4.58. The number of amides is 1. The van der Waals surface area contributed by atoms with Crippen LogP contribution in [-0.2, 0) is 4.79 Å². The van der Waals surface area contributed by atoms with Gasteiger partial charge >= 0.3 is 0 Å². The number of hydrogen-bond donors (Lipinski definition) is 1. The van der Waals surface area contributed by atoms with Gasteiger partial charge in [0.1, 0.15) is 0 Å². The molecule has 1 aromatic carbocycles. The van der Waals surface area contributed by atoms with E-state index in [9.17, 15) is 4.79 Å². The molecule has 0 radical (unpaired) electrons. The van der Waals surface area contributed by atoms with Crippen molar-refractivity contribution in [2.24, 2.45) is 11.7 Å². The second-order valence-corrected chi connectivity index (χ2v) is 4.58. The molecule has 0 saturated heterocycles. The minimum absolute atomic E-state index is 0.0826. The molecule has 0 fully saturated rings. The number of rotatable bonds is 4. The molecule has 0 bridgehead atoms. The van der Waals surface area contributed by atoms with Gasteiger partial charge in [-0.25, -0.2) is 0 Å². The van der Waals surface area contributed by atoms with E-state index < -0.39 is 0 Å². The molecule has 0 aliphatic heterocycles. The number of carbonyl (C=O) groups is 1. The zero-order chi connectivity index (χ0) is 13.0. The lowest BCUT2D eigenvalue weighted by molar-refractivity contribution is -0.121.